The monoisotopic (exact) mass is 482 g/mol. The van der Waals surface area contributed by atoms with Crippen molar-refractivity contribution in [1.29, 1.82) is 0 Å². The first-order valence-electron chi connectivity index (χ1n) is 11.4. The number of hydrogen-bond acceptors (Lipinski definition) is 4. The molecule has 2 N–H and O–H groups in total. The molecule has 3 aromatic heterocycles. The summed E-state index contributed by atoms with van der Waals surface area (Å²) in [5.74, 6) is -0.105. The molecule has 2 atom stereocenters. The standard InChI is InChI=1S/C27H26N6OS/c1-17-15-23(18(2)32(17)22-7-6-13-28-16-22)26-25(24-8-4-5-14-29-24)31-27(35)33(26)21-11-9-20(10-12-21)30-19(3)34/h4-16,25-26H,1-3H3,(H,30,34)(H,31,35)/t25-,26+/m0/s1. The van der Waals surface area contributed by atoms with Crippen LogP contribution in [0.15, 0.2) is 79.3 Å². The number of pyridine rings is 2. The Labute approximate surface area is 209 Å². The number of nitrogens with one attached hydrogen (secondary N) is 2. The molecule has 4 heterocycles. The lowest BCUT2D eigenvalue weighted by Gasteiger charge is -2.28. The Morgan fingerprint density at radius 1 is 1.03 bits per heavy atom. The van der Waals surface area contributed by atoms with Gasteiger partial charge in [-0.25, -0.2) is 0 Å². The zero-order chi connectivity index (χ0) is 24.5. The molecule has 0 aliphatic carbocycles. The lowest BCUT2D eigenvalue weighted by molar-refractivity contribution is -0.114. The van der Waals surface area contributed by atoms with E-state index in [9.17, 15) is 4.79 Å². The number of thiocarbonyl (C=S) groups is 1. The normalized spacial score (nSPS) is 17.3. The van der Waals surface area contributed by atoms with Crippen LogP contribution < -0.4 is 15.5 Å². The molecule has 1 amide bonds. The first-order chi connectivity index (χ1) is 16.9. The van der Waals surface area contributed by atoms with Crippen molar-refractivity contribution in [3.8, 4) is 5.69 Å². The van der Waals surface area contributed by atoms with Gasteiger partial charge in [0.2, 0.25) is 5.91 Å². The average molecular weight is 483 g/mol. The first-order valence-corrected chi connectivity index (χ1v) is 11.8. The lowest BCUT2D eigenvalue weighted by Crippen LogP contribution is -2.29. The van der Waals surface area contributed by atoms with Gasteiger partial charge in [-0.15, -0.1) is 0 Å². The summed E-state index contributed by atoms with van der Waals surface area (Å²) in [6.45, 7) is 5.73. The van der Waals surface area contributed by atoms with E-state index in [-0.39, 0.29) is 18.0 Å². The zero-order valence-electron chi connectivity index (χ0n) is 19.8. The van der Waals surface area contributed by atoms with Gasteiger partial charge in [-0.05, 0) is 86.2 Å². The maximum Gasteiger partial charge on any atom is 0.221 e. The highest BCUT2D eigenvalue weighted by molar-refractivity contribution is 7.80. The number of anilines is 2. The van der Waals surface area contributed by atoms with Gasteiger partial charge >= 0.3 is 0 Å². The number of rotatable bonds is 5. The third-order valence-corrected chi connectivity index (χ3v) is 6.57. The van der Waals surface area contributed by atoms with Gasteiger partial charge < -0.3 is 20.1 Å². The second-order valence-corrected chi connectivity index (χ2v) is 8.98. The van der Waals surface area contributed by atoms with E-state index in [1.165, 1.54) is 6.92 Å². The number of aromatic nitrogens is 3. The maximum atomic E-state index is 11.5. The van der Waals surface area contributed by atoms with Gasteiger partial charge in [-0.1, -0.05) is 6.07 Å². The number of carbonyl (C=O) groups is 1. The molecular formula is C27H26N6OS. The molecule has 7 nitrogen and oxygen atoms in total. The summed E-state index contributed by atoms with van der Waals surface area (Å²) in [7, 11) is 0. The van der Waals surface area contributed by atoms with Gasteiger partial charge in [-0.2, -0.15) is 0 Å². The molecular weight excluding hydrogens is 456 g/mol. The number of aryl methyl sites for hydroxylation is 1. The van der Waals surface area contributed by atoms with E-state index in [0.717, 1.165) is 39.7 Å². The minimum Gasteiger partial charge on any atom is -0.351 e. The lowest BCUT2D eigenvalue weighted by atomic mass is 9.96. The molecule has 1 aliphatic heterocycles. The molecule has 176 valence electrons. The number of hydrogen-bond donors (Lipinski definition) is 2. The van der Waals surface area contributed by atoms with Crippen molar-refractivity contribution >= 4 is 34.6 Å². The Kier molecular flexibility index (Phi) is 6.05. The van der Waals surface area contributed by atoms with Crippen molar-refractivity contribution in [3.05, 3.63) is 102 Å². The van der Waals surface area contributed by atoms with Crippen LogP contribution in [0.1, 0.15) is 41.7 Å². The Morgan fingerprint density at radius 3 is 2.49 bits per heavy atom. The molecule has 1 aliphatic rings. The van der Waals surface area contributed by atoms with Crippen LogP contribution in [0.25, 0.3) is 5.69 Å². The van der Waals surface area contributed by atoms with Gasteiger partial charge in [0.25, 0.3) is 0 Å². The van der Waals surface area contributed by atoms with E-state index in [0.29, 0.717) is 5.11 Å². The van der Waals surface area contributed by atoms with Crippen LogP contribution in [0, 0.1) is 13.8 Å². The van der Waals surface area contributed by atoms with E-state index in [4.69, 9.17) is 12.2 Å². The Bertz CT molecular complexity index is 1370. The predicted molar refractivity (Wildman–Crippen MR) is 142 cm³/mol. The summed E-state index contributed by atoms with van der Waals surface area (Å²) in [6, 6.07) is 19.6. The molecule has 35 heavy (non-hydrogen) atoms. The zero-order valence-corrected chi connectivity index (χ0v) is 20.6. The Morgan fingerprint density at radius 2 is 1.83 bits per heavy atom. The number of amides is 1. The third-order valence-electron chi connectivity index (χ3n) is 6.26. The molecule has 8 heteroatoms. The van der Waals surface area contributed by atoms with Gasteiger partial charge in [0.15, 0.2) is 5.11 Å². The summed E-state index contributed by atoms with van der Waals surface area (Å²) < 4.78 is 2.22. The van der Waals surface area contributed by atoms with Crippen molar-refractivity contribution in [2.45, 2.75) is 32.9 Å². The van der Waals surface area contributed by atoms with Gasteiger partial charge in [0, 0.05) is 42.1 Å². The molecule has 1 fully saturated rings. The first kappa shape index (κ1) is 22.7. The minimum absolute atomic E-state index is 0.105. The smallest absolute Gasteiger partial charge is 0.221 e. The third kappa shape index (κ3) is 4.28. The number of nitrogens with zero attached hydrogens (tertiary/aromatic N) is 4. The van der Waals surface area contributed by atoms with E-state index >= 15 is 0 Å². The fourth-order valence-corrected chi connectivity index (χ4v) is 5.17. The van der Waals surface area contributed by atoms with E-state index in [1.807, 2.05) is 54.7 Å². The van der Waals surface area contributed by atoms with E-state index < -0.39 is 0 Å². The summed E-state index contributed by atoms with van der Waals surface area (Å²) >= 11 is 5.86. The van der Waals surface area contributed by atoms with Gasteiger partial charge in [0.1, 0.15) is 0 Å². The van der Waals surface area contributed by atoms with Crippen molar-refractivity contribution in [1.82, 2.24) is 19.9 Å². The molecule has 1 aromatic carbocycles. The summed E-state index contributed by atoms with van der Waals surface area (Å²) in [5, 5.41) is 6.97. The van der Waals surface area contributed by atoms with Crippen LogP contribution in [0.5, 0.6) is 0 Å². The number of carbonyl (C=O) groups excluding carboxylic acids is 1. The van der Waals surface area contributed by atoms with Crippen LogP contribution in [-0.2, 0) is 4.79 Å². The predicted octanol–water partition coefficient (Wildman–Crippen LogP) is 5.02. The average Bonchev–Trinajstić information content (AvgIpc) is 3.35. The van der Waals surface area contributed by atoms with Crippen LogP contribution in [0.2, 0.25) is 0 Å². The maximum absolute atomic E-state index is 11.5. The van der Waals surface area contributed by atoms with Gasteiger partial charge in [-0.3, -0.25) is 14.8 Å². The summed E-state index contributed by atoms with van der Waals surface area (Å²) in [5.41, 5.74) is 7.00. The van der Waals surface area contributed by atoms with Gasteiger partial charge in [0.05, 0.1) is 29.7 Å². The number of benzene rings is 1. The molecule has 0 saturated carbocycles. The second-order valence-electron chi connectivity index (χ2n) is 8.60. The Balaban J connectivity index is 1.63. The van der Waals surface area contributed by atoms with Crippen LogP contribution in [0.3, 0.4) is 0 Å². The van der Waals surface area contributed by atoms with Crippen LogP contribution in [-0.4, -0.2) is 25.6 Å². The molecule has 0 bridgehead atoms. The molecule has 0 radical (unpaired) electrons. The molecule has 0 spiro atoms. The van der Waals surface area contributed by atoms with Crippen LogP contribution >= 0.6 is 12.2 Å². The van der Waals surface area contributed by atoms with E-state index in [1.54, 1.807) is 12.4 Å². The highest BCUT2D eigenvalue weighted by Gasteiger charge is 2.42. The summed E-state index contributed by atoms with van der Waals surface area (Å²) in [4.78, 5) is 22.6. The molecule has 1 saturated heterocycles. The summed E-state index contributed by atoms with van der Waals surface area (Å²) in [6.07, 6.45) is 5.46. The van der Waals surface area contributed by atoms with Crippen molar-refractivity contribution in [2.75, 3.05) is 10.2 Å². The molecule has 5 rings (SSSR count). The fourth-order valence-electron chi connectivity index (χ4n) is 4.83. The Hall–Kier alpha value is -4.04. The quantitative estimate of drug-likeness (QED) is 0.389. The fraction of sp³-hybridized carbons (Fsp3) is 0.185. The van der Waals surface area contributed by atoms with Crippen molar-refractivity contribution in [3.63, 3.8) is 0 Å². The largest absolute Gasteiger partial charge is 0.351 e. The van der Waals surface area contributed by atoms with E-state index in [2.05, 4.69) is 56.0 Å². The topological polar surface area (TPSA) is 75.1 Å². The van der Waals surface area contributed by atoms with Crippen molar-refractivity contribution in [2.24, 2.45) is 0 Å². The minimum atomic E-state index is -0.137. The SMILES string of the molecule is CC(=O)Nc1ccc(N2C(=S)N[C@@H](c3ccccn3)[C@H]2c2cc(C)n(-c3cccnc3)c2C)cc1. The van der Waals surface area contributed by atoms with Crippen LogP contribution in [0.4, 0.5) is 11.4 Å². The highest BCUT2D eigenvalue weighted by Crippen LogP contribution is 2.43. The highest BCUT2D eigenvalue weighted by atomic mass is 32.1. The molecule has 0 unspecified atom stereocenters. The second kappa shape index (κ2) is 9.31. The molecule has 4 aromatic rings. The van der Waals surface area contributed by atoms with Crippen molar-refractivity contribution < 1.29 is 4.79 Å².